The molecule has 0 amide bonds. The number of ether oxygens (including phenoxy) is 1. The standard InChI is InChI=1S/C15H23N3O/c1-4-10-19-14-7-5-6-13(11-14)15(12-16)17-8-9-18(2)3/h5-7,11,15,17H,4,8-10H2,1-3H3. The Balaban J connectivity index is 2.62. The summed E-state index contributed by atoms with van der Waals surface area (Å²) in [6.45, 7) is 4.47. The number of likely N-dealkylation sites (N-methyl/N-ethyl adjacent to an activating group) is 1. The van der Waals surface area contributed by atoms with Crippen LogP contribution in [0, 0.1) is 11.3 Å². The van der Waals surface area contributed by atoms with Gasteiger partial charge in [0.05, 0.1) is 12.7 Å². The zero-order valence-corrected chi connectivity index (χ0v) is 12.0. The molecule has 0 fully saturated rings. The average Bonchev–Trinajstić information content (AvgIpc) is 2.41. The molecule has 0 saturated heterocycles. The molecule has 4 heteroatoms. The molecule has 4 nitrogen and oxygen atoms in total. The molecular formula is C15H23N3O. The minimum Gasteiger partial charge on any atom is -0.494 e. The zero-order chi connectivity index (χ0) is 14.1. The first-order valence-corrected chi connectivity index (χ1v) is 6.68. The summed E-state index contributed by atoms with van der Waals surface area (Å²) < 4.78 is 5.59. The van der Waals surface area contributed by atoms with E-state index in [1.165, 1.54) is 0 Å². The fraction of sp³-hybridized carbons (Fsp3) is 0.533. The molecule has 0 bridgehead atoms. The number of nitrogens with zero attached hydrogens (tertiary/aromatic N) is 2. The molecule has 0 heterocycles. The van der Waals surface area contributed by atoms with Gasteiger partial charge in [-0.05, 0) is 38.2 Å². The van der Waals surface area contributed by atoms with Crippen LogP contribution in [0.4, 0.5) is 0 Å². The molecule has 1 rings (SSSR count). The van der Waals surface area contributed by atoms with Gasteiger partial charge in [0.15, 0.2) is 0 Å². The molecule has 1 N–H and O–H groups in total. The molecule has 0 aromatic heterocycles. The van der Waals surface area contributed by atoms with Gasteiger partial charge in [-0.1, -0.05) is 19.1 Å². The topological polar surface area (TPSA) is 48.3 Å². The molecule has 1 unspecified atom stereocenters. The number of benzene rings is 1. The van der Waals surface area contributed by atoms with E-state index in [0.29, 0.717) is 6.61 Å². The second-order valence-corrected chi connectivity index (χ2v) is 4.74. The molecule has 19 heavy (non-hydrogen) atoms. The smallest absolute Gasteiger partial charge is 0.121 e. The van der Waals surface area contributed by atoms with Gasteiger partial charge < -0.3 is 9.64 Å². The Morgan fingerprint density at radius 3 is 2.84 bits per heavy atom. The van der Waals surface area contributed by atoms with E-state index in [9.17, 15) is 5.26 Å². The number of nitrogens with one attached hydrogen (secondary N) is 1. The largest absolute Gasteiger partial charge is 0.494 e. The Hall–Kier alpha value is -1.57. The highest BCUT2D eigenvalue weighted by Crippen LogP contribution is 2.19. The van der Waals surface area contributed by atoms with Crippen LogP contribution in [0.2, 0.25) is 0 Å². The van der Waals surface area contributed by atoms with Crippen LogP contribution in [0.15, 0.2) is 24.3 Å². The molecule has 0 aliphatic heterocycles. The number of hydrogen-bond donors (Lipinski definition) is 1. The molecule has 0 aliphatic carbocycles. The molecule has 1 aromatic carbocycles. The summed E-state index contributed by atoms with van der Waals surface area (Å²) in [7, 11) is 4.03. The molecule has 1 aromatic rings. The summed E-state index contributed by atoms with van der Waals surface area (Å²) in [5.41, 5.74) is 0.954. The molecule has 1 atom stereocenters. The lowest BCUT2D eigenvalue weighted by atomic mass is 10.1. The number of hydrogen-bond acceptors (Lipinski definition) is 4. The highest BCUT2D eigenvalue weighted by atomic mass is 16.5. The van der Waals surface area contributed by atoms with Crippen molar-refractivity contribution in [1.29, 1.82) is 5.26 Å². The highest BCUT2D eigenvalue weighted by molar-refractivity contribution is 5.33. The molecule has 0 radical (unpaired) electrons. The molecule has 104 valence electrons. The number of rotatable bonds is 8. The van der Waals surface area contributed by atoms with Crippen LogP contribution in [-0.2, 0) is 0 Å². The molecular weight excluding hydrogens is 238 g/mol. The fourth-order valence-corrected chi connectivity index (χ4v) is 1.67. The van der Waals surface area contributed by atoms with Crippen molar-refractivity contribution in [2.24, 2.45) is 0 Å². The van der Waals surface area contributed by atoms with Gasteiger partial charge >= 0.3 is 0 Å². The lowest BCUT2D eigenvalue weighted by Gasteiger charge is -2.15. The van der Waals surface area contributed by atoms with E-state index < -0.39 is 0 Å². The normalized spacial score (nSPS) is 12.2. The van der Waals surface area contributed by atoms with E-state index in [1.807, 2.05) is 38.4 Å². The Bertz CT molecular complexity index is 412. The fourth-order valence-electron chi connectivity index (χ4n) is 1.67. The van der Waals surface area contributed by atoms with Gasteiger partial charge in [-0.25, -0.2) is 0 Å². The van der Waals surface area contributed by atoms with Crippen LogP contribution >= 0.6 is 0 Å². The summed E-state index contributed by atoms with van der Waals surface area (Å²) in [6, 6.07) is 9.75. The second kappa shape index (κ2) is 8.52. The lowest BCUT2D eigenvalue weighted by molar-refractivity contribution is 0.317. The summed E-state index contributed by atoms with van der Waals surface area (Å²) >= 11 is 0. The van der Waals surface area contributed by atoms with Crippen LogP contribution in [0.3, 0.4) is 0 Å². The zero-order valence-electron chi connectivity index (χ0n) is 12.0. The van der Waals surface area contributed by atoms with Crippen molar-refractivity contribution in [3.05, 3.63) is 29.8 Å². The van der Waals surface area contributed by atoms with Gasteiger partial charge in [0.25, 0.3) is 0 Å². The van der Waals surface area contributed by atoms with Crippen LogP contribution in [0.1, 0.15) is 24.9 Å². The van der Waals surface area contributed by atoms with E-state index in [-0.39, 0.29) is 6.04 Å². The Labute approximate surface area is 116 Å². The van der Waals surface area contributed by atoms with Gasteiger partial charge in [-0.3, -0.25) is 5.32 Å². The maximum Gasteiger partial charge on any atom is 0.121 e. The first kappa shape index (κ1) is 15.5. The van der Waals surface area contributed by atoms with Gasteiger partial charge in [0, 0.05) is 13.1 Å². The summed E-state index contributed by atoms with van der Waals surface area (Å²) in [6.07, 6.45) is 0.979. The average molecular weight is 261 g/mol. The van der Waals surface area contributed by atoms with Crippen LogP contribution in [-0.4, -0.2) is 38.7 Å². The van der Waals surface area contributed by atoms with Crippen LogP contribution in [0.5, 0.6) is 5.75 Å². The van der Waals surface area contributed by atoms with Crippen molar-refractivity contribution >= 4 is 0 Å². The quantitative estimate of drug-likeness (QED) is 0.779. The van der Waals surface area contributed by atoms with E-state index in [0.717, 1.165) is 30.8 Å². The number of nitriles is 1. The molecule has 0 aliphatic rings. The van der Waals surface area contributed by atoms with E-state index >= 15 is 0 Å². The second-order valence-electron chi connectivity index (χ2n) is 4.74. The van der Waals surface area contributed by atoms with Crippen molar-refractivity contribution in [2.45, 2.75) is 19.4 Å². The van der Waals surface area contributed by atoms with E-state index in [1.54, 1.807) is 0 Å². The monoisotopic (exact) mass is 261 g/mol. The highest BCUT2D eigenvalue weighted by Gasteiger charge is 2.10. The Morgan fingerprint density at radius 2 is 2.21 bits per heavy atom. The first-order chi connectivity index (χ1) is 9.17. The third-order valence-electron chi connectivity index (χ3n) is 2.70. The molecule has 0 saturated carbocycles. The van der Waals surface area contributed by atoms with E-state index in [2.05, 4.69) is 23.2 Å². The van der Waals surface area contributed by atoms with Crippen LogP contribution < -0.4 is 10.1 Å². The van der Waals surface area contributed by atoms with Gasteiger partial charge in [-0.15, -0.1) is 0 Å². The van der Waals surface area contributed by atoms with Crippen LogP contribution in [0.25, 0.3) is 0 Å². The summed E-state index contributed by atoms with van der Waals surface area (Å²) in [5, 5.41) is 12.5. The Morgan fingerprint density at radius 1 is 1.42 bits per heavy atom. The third kappa shape index (κ3) is 5.73. The first-order valence-electron chi connectivity index (χ1n) is 6.68. The maximum atomic E-state index is 9.24. The van der Waals surface area contributed by atoms with Crippen molar-refractivity contribution in [1.82, 2.24) is 10.2 Å². The third-order valence-corrected chi connectivity index (χ3v) is 2.70. The maximum absolute atomic E-state index is 9.24. The Kier molecular flexibility index (Phi) is 6.94. The minimum absolute atomic E-state index is 0.287. The van der Waals surface area contributed by atoms with E-state index in [4.69, 9.17) is 4.74 Å². The predicted octanol–water partition coefficient (Wildman–Crippen LogP) is 2.19. The van der Waals surface area contributed by atoms with Crippen molar-refractivity contribution in [2.75, 3.05) is 33.8 Å². The minimum atomic E-state index is -0.287. The lowest BCUT2D eigenvalue weighted by Crippen LogP contribution is -2.29. The summed E-state index contributed by atoms with van der Waals surface area (Å²) in [5.74, 6) is 0.828. The molecule has 0 spiro atoms. The van der Waals surface area contributed by atoms with Gasteiger partial charge in [-0.2, -0.15) is 5.26 Å². The predicted molar refractivity (Wildman–Crippen MR) is 77.1 cm³/mol. The summed E-state index contributed by atoms with van der Waals surface area (Å²) in [4.78, 5) is 2.09. The SMILES string of the molecule is CCCOc1cccc(C(C#N)NCCN(C)C)c1. The van der Waals surface area contributed by atoms with Gasteiger partial charge in [0.1, 0.15) is 11.8 Å². The van der Waals surface area contributed by atoms with Crippen molar-refractivity contribution < 1.29 is 4.74 Å². The van der Waals surface area contributed by atoms with Crippen molar-refractivity contribution in [3.8, 4) is 11.8 Å². The van der Waals surface area contributed by atoms with Gasteiger partial charge in [0.2, 0.25) is 0 Å². The van der Waals surface area contributed by atoms with Crippen molar-refractivity contribution in [3.63, 3.8) is 0 Å².